The highest BCUT2D eigenvalue weighted by Crippen LogP contribution is 2.35. The predicted octanol–water partition coefficient (Wildman–Crippen LogP) is 3.31. The molecule has 1 heterocycles. The lowest BCUT2D eigenvalue weighted by molar-refractivity contribution is -0.127. The number of carbonyl (C=O) groups excluding carboxylic acids is 1. The number of para-hydroxylation sites is 2. The van der Waals surface area contributed by atoms with Crippen molar-refractivity contribution in [1.29, 1.82) is 0 Å². The van der Waals surface area contributed by atoms with Crippen LogP contribution in [0.1, 0.15) is 12.5 Å². The van der Waals surface area contributed by atoms with Crippen LogP contribution in [0.4, 0.5) is 5.69 Å². The van der Waals surface area contributed by atoms with Gasteiger partial charge in [0.25, 0.3) is 5.91 Å². The van der Waals surface area contributed by atoms with Crippen LogP contribution < -0.4 is 14.4 Å². The van der Waals surface area contributed by atoms with Gasteiger partial charge in [0.1, 0.15) is 5.75 Å². The second-order valence-corrected chi connectivity index (χ2v) is 10.1. The van der Waals surface area contributed by atoms with Gasteiger partial charge in [0.05, 0.1) is 18.0 Å². The van der Waals surface area contributed by atoms with Gasteiger partial charge in [-0.05, 0) is 30.7 Å². The number of carbonyl (C=O) groups is 1. The predicted molar refractivity (Wildman–Crippen MR) is 118 cm³/mol. The number of amides is 1. The van der Waals surface area contributed by atoms with Crippen molar-refractivity contribution in [2.45, 2.75) is 18.8 Å². The van der Waals surface area contributed by atoms with Crippen LogP contribution in [0.15, 0.2) is 48.5 Å². The fraction of sp³-hybridized carbons (Fsp3) is 0.350. The molecule has 1 N–H and O–H groups in total. The highest BCUT2D eigenvalue weighted by Gasteiger charge is 2.35. The van der Waals surface area contributed by atoms with Gasteiger partial charge >= 0.3 is 0 Å². The van der Waals surface area contributed by atoms with Gasteiger partial charge in [-0.1, -0.05) is 41.9 Å². The summed E-state index contributed by atoms with van der Waals surface area (Å²) in [6, 6.07) is 14.5. The first-order valence-electron chi connectivity index (χ1n) is 9.27. The number of halogens is 1. The summed E-state index contributed by atoms with van der Waals surface area (Å²) in [5.41, 5.74) is 1.52. The Kier molecular flexibility index (Phi) is 7.32. The maximum absolute atomic E-state index is 12.6. The summed E-state index contributed by atoms with van der Waals surface area (Å²) in [7, 11) is -3.51. The zero-order chi connectivity index (χ0) is 20.9. The van der Waals surface area contributed by atoms with E-state index in [9.17, 15) is 13.2 Å². The van der Waals surface area contributed by atoms with Crippen molar-refractivity contribution in [1.82, 2.24) is 5.32 Å². The topological polar surface area (TPSA) is 75.7 Å². The van der Waals surface area contributed by atoms with E-state index in [2.05, 4.69) is 5.32 Å². The minimum Gasteiger partial charge on any atom is -0.476 e. The first-order chi connectivity index (χ1) is 13.9. The van der Waals surface area contributed by atoms with E-state index < -0.39 is 16.1 Å². The first-order valence-corrected chi connectivity index (χ1v) is 12.4. The van der Waals surface area contributed by atoms with Crippen LogP contribution in [0.5, 0.6) is 5.75 Å². The van der Waals surface area contributed by atoms with Gasteiger partial charge < -0.3 is 10.1 Å². The van der Waals surface area contributed by atoms with Gasteiger partial charge in [0.15, 0.2) is 6.10 Å². The van der Waals surface area contributed by atoms with Crippen molar-refractivity contribution in [2.75, 3.05) is 28.9 Å². The average molecular weight is 455 g/mol. The van der Waals surface area contributed by atoms with Crippen molar-refractivity contribution in [3.63, 3.8) is 0 Å². The lowest BCUT2D eigenvalue weighted by atomic mass is 10.2. The molecule has 3 rings (SSSR count). The average Bonchev–Trinajstić information content (AvgIpc) is 2.73. The highest BCUT2D eigenvalue weighted by molar-refractivity contribution is 7.98. The lowest BCUT2D eigenvalue weighted by Gasteiger charge is -2.34. The Labute approximate surface area is 180 Å². The van der Waals surface area contributed by atoms with E-state index in [0.29, 0.717) is 23.7 Å². The molecular formula is C20H23ClN2O4S2. The summed E-state index contributed by atoms with van der Waals surface area (Å²) in [4.78, 5) is 12.6. The Morgan fingerprint density at radius 1 is 1.24 bits per heavy atom. The van der Waals surface area contributed by atoms with E-state index in [1.807, 2.05) is 24.3 Å². The Hall–Kier alpha value is -1.90. The third-order valence-corrected chi connectivity index (χ3v) is 7.61. The first kappa shape index (κ1) is 21.8. The van der Waals surface area contributed by atoms with Crippen LogP contribution in [0.25, 0.3) is 0 Å². The van der Waals surface area contributed by atoms with Gasteiger partial charge in [-0.15, -0.1) is 0 Å². The van der Waals surface area contributed by atoms with Crippen molar-refractivity contribution in [2.24, 2.45) is 0 Å². The summed E-state index contributed by atoms with van der Waals surface area (Å²) in [5, 5.41) is 3.57. The Morgan fingerprint density at radius 3 is 2.72 bits per heavy atom. The number of thioether (sulfide) groups is 1. The number of nitrogens with zero attached hydrogens (tertiary/aromatic N) is 1. The number of hydrogen-bond acceptors (Lipinski definition) is 5. The molecule has 0 saturated heterocycles. The molecule has 0 aliphatic carbocycles. The second-order valence-electron chi connectivity index (χ2n) is 6.44. The molecule has 29 heavy (non-hydrogen) atoms. The third-order valence-electron chi connectivity index (χ3n) is 4.49. The number of ether oxygens (including phenoxy) is 1. The molecule has 0 unspecified atom stereocenters. The summed E-state index contributed by atoms with van der Waals surface area (Å²) >= 11 is 7.80. The summed E-state index contributed by atoms with van der Waals surface area (Å²) in [6.45, 7) is 2.00. The van der Waals surface area contributed by atoms with E-state index in [1.165, 1.54) is 4.31 Å². The lowest BCUT2D eigenvalue weighted by Crippen LogP contribution is -2.51. The van der Waals surface area contributed by atoms with Crippen molar-refractivity contribution >= 4 is 45.0 Å². The molecule has 1 atom stereocenters. The maximum atomic E-state index is 12.6. The molecule has 9 heteroatoms. The Bertz CT molecular complexity index is 968. The van der Waals surface area contributed by atoms with E-state index in [-0.39, 0.29) is 18.2 Å². The standard InChI is InChI=1S/C20H23ClN2O4S2/c1-2-29(25,26)23-13-19(27-18-10-6-5-9-17(18)23)20(24)22-11-12-28-14-15-7-3-4-8-16(15)21/h3-10,19H,2,11-14H2,1H3,(H,22,24)/t19-/m0/s1. The molecule has 0 radical (unpaired) electrons. The van der Waals surface area contributed by atoms with Crippen molar-refractivity contribution in [3.05, 3.63) is 59.1 Å². The van der Waals surface area contributed by atoms with Gasteiger partial charge in [0.2, 0.25) is 10.0 Å². The summed E-state index contributed by atoms with van der Waals surface area (Å²) in [6.07, 6.45) is -0.889. The maximum Gasteiger partial charge on any atom is 0.263 e. The number of sulfonamides is 1. The molecule has 2 aromatic rings. The highest BCUT2D eigenvalue weighted by atomic mass is 35.5. The van der Waals surface area contributed by atoms with Crippen LogP contribution in [0.3, 0.4) is 0 Å². The van der Waals surface area contributed by atoms with Crippen LogP contribution in [0.2, 0.25) is 5.02 Å². The zero-order valence-electron chi connectivity index (χ0n) is 16.0. The smallest absolute Gasteiger partial charge is 0.263 e. The van der Waals surface area contributed by atoms with Gasteiger partial charge in [-0.2, -0.15) is 11.8 Å². The minimum atomic E-state index is -3.51. The number of benzene rings is 2. The van der Waals surface area contributed by atoms with Gasteiger partial charge in [-0.3, -0.25) is 9.10 Å². The van der Waals surface area contributed by atoms with Gasteiger partial charge in [0, 0.05) is 23.1 Å². The number of nitrogens with one attached hydrogen (secondary N) is 1. The molecule has 1 amide bonds. The SMILES string of the molecule is CCS(=O)(=O)N1C[C@@H](C(=O)NCCSCc2ccccc2Cl)Oc2ccccc21. The second kappa shape index (κ2) is 9.73. The molecule has 0 fully saturated rings. The Morgan fingerprint density at radius 2 is 1.97 bits per heavy atom. The normalized spacial score (nSPS) is 16.1. The molecule has 0 aromatic heterocycles. The van der Waals surface area contributed by atoms with Crippen LogP contribution in [-0.2, 0) is 20.6 Å². The summed E-state index contributed by atoms with van der Waals surface area (Å²) in [5.74, 6) is 1.48. The number of anilines is 1. The van der Waals surface area contributed by atoms with E-state index >= 15 is 0 Å². The number of rotatable bonds is 8. The third kappa shape index (κ3) is 5.38. The zero-order valence-corrected chi connectivity index (χ0v) is 18.4. The van der Waals surface area contributed by atoms with Crippen LogP contribution in [0, 0.1) is 0 Å². The fourth-order valence-electron chi connectivity index (χ4n) is 2.92. The molecule has 2 aromatic carbocycles. The van der Waals surface area contributed by atoms with Crippen molar-refractivity contribution in [3.8, 4) is 5.75 Å². The molecule has 0 bridgehead atoms. The summed E-state index contributed by atoms with van der Waals surface area (Å²) < 4.78 is 32.0. The van der Waals surface area contributed by atoms with E-state index in [1.54, 1.807) is 43.0 Å². The quantitative estimate of drug-likeness (QED) is 0.619. The minimum absolute atomic E-state index is 0.0359. The molecule has 0 saturated carbocycles. The molecule has 156 valence electrons. The van der Waals surface area contributed by atoms with Gasteiger partial charge in [-0.25, -0.2) is 8.42 Å². The van der Waals surface area contributed by atoms with E-state index in [0.717, 1.165) is 16.3 Å². The molecular weight excluding hydrogens is 432 g/mol. The molecule has 0 spiro atoms. The number of hydrogen-bond donors (Lipinski definition) is 1. The van der Waals surface area contributed by atoms with Crippen LogP contribution >= 0.6 is 23.4 Å². The van der Waals surface area contributed by atoms with E-state index in [4.69, 9.17) is 16.3 Å². The largest absolute Gasteiger partial charge is 0.476 e. The molecule has 6 nitrogen and oxygen atoms in total. The van der Waals surface area contributed by atoms with Crippen molar-refractivity contribution < 1.29 is 17.9 Å². The molecule has 1 aliphatic heterocycles. The van der Waals surface area contributed by atoms with Crippen LogP contribution in [-0.4, -0.2) is 45.0 Å². The monoisotopic (exact) mass is 454 g/mol. The number of fused-ring (bicyclic) bond motifs is 1. The fourth-order valence-corrected chi connectivity index (χ4v) is 5.18. The Balaban J connectivity index is 1.55. The molecule has 1 aliphatic rings.